The molecule has 0 spiro atoms. The minimum atomic E-state index is -2.73. The first kappa shape index (κ1) is 25.4. The van der Waals surface area contributed by atoms with Gasteiger partial charge in [0, 0.05) is 77.3 Å². The predicted octanol–water partition coefficient (Wildman–Crippen LogP) is 5.23. The number of anilines is 2. The molecule has 12 nitrogen and oxygen atoms in total. The topological polar surface area (TPSA) is 135 Å². The van der Waals surface area contributed by atoms with E-state index in [1.807, 2.05) is 0 Å². The number of ether oxygens (including phenoxy) is 1. The molecule has 0 bridgehead atoms. The van der Waals surface area contributed by atoms with Crippen molar-refractivity contribution in [1.82, 2.24) is 29.3 Å². The summed E-state index contributed by atoms with van der Waals surface area (Å²) in [7, 11) is 0. The molecule has 246 valence electrons. The van der Waals surface area contributed by atoms with Gasteiger partial charge in [-0.05, 0) is 51.0 Å². The number of hydrogen-bond donors (Lipinski definition) is 3. The smallest absolute Gasteiger partial charge is 0.410 e. The minimum Gasteiger partial charge on any atom is -0.444 e. The molecule has 4 aromatic rings. The lowest BCUT2D eigenvalue weighted by molar-refractivity contribution is 0.0220. The quantitative estimate of drug-likeness (QED) is 0.266. The van der Waals surface area contributed by atoms with Crippen LogP contribution in [0.1, 0.15) is 78.6 Å². The van der Waals surface area contributed by atoms with Crippen molar-refractivity contribution >= 4 is 40.9 Å². The molecule has 0 fully saturated rings. The lowest BCUT2D eigenvalue weighted by Crippen LogP contribution is -2.40. The first-order valence-corrected chi connectivity index (χ1v) is 15.5. The summed E-state index contributed by atoms with van der Waals surface area (Å²) in [6, 6.07) is 10.1. The maximum Gasteiger partial charge on any atom is 0.410 e. The van der Waals surface area contributed by atoms with Crippen molar-refractivity contribution in [3.8, 4) is 11.1 Å². The SMILES string of the molecule is [2H]C([2H])([2H])n1c(C(=O)Nc2cccc(-c3cccc(NC(=O)c4nc5c(n4C([2H])([2H])[2H])CCNC5)c3Cl)c2C)nc2c1CCN(C(=O)OC(C)(C)C)C2. The number of carbonyl (C=O) groups is 3. The first-order valence-electron chi connectivity index (χ1n) is 18.2. The van der Waals surface area contributed by atoms with Gasteiger partial charge in [-0.1, -0.05) is 35.9 Å². The lowest BCUT2D eigenvalue weighted by atomic mass is 9.98. The van der Waals surface area contributed by atoms with Crippen molar-refractivity contribution in [2.75, 3.05) is 23.7 Å². The number of nitrogens with one attached hydrogen (secondary N) is 3. The fraction of sp³-hybridized carbons (Fsp3) is 0.382. The van der Waals surface area contributed by atoms with Crippen LogP contribution in [0.5, 0.6) is 0 Å². The molecule has 0 atom stereocenters. The van der Waals surface area contributed by atoms with Gasteiger partial charge in [-0.25, -0.2) is 14.8 Å². The third-order valence-corrected chi connectivity index (χ3v) is 8.49. The van der Waals surface area contributed by atoms with E-state index in [4.69, 9.17) is 24.6 Å². The zero-order chi connectivity index (χ0) is 38.6. The Morgan fingerprint density at radius 1 is 0.915 bits per heavy atom. The van der Waals surface area contributed by atoms with Gasteiger partial charge in [0.25, 0.3) is 11.8 Å². The molecule has 2 aliphatic heterocycles. The largest absolute Gasteiger partial charge is 0.444 e. The van der Waals surface area contributed by atoms with E-state index in [-0.39, 0.29) is 47.6 Å². The number of imidazole rings is 2. The predicted molar refractivity (Wildman–Crippen MR) is 180 cm³/mol. The molecule has 2 aliphatic rings. The molecule has 4 heterocycles. The highest BCUT2D eigenvalue weighted by Gasteiger charge is 2.30. The Morgan fingerprint density at radius 3 is 2.21 bits per heavy atom. The van der Waals surface area contributed by atoms with Crippen LogP contribution in [-0.2, 0) is 44.6 Å². The molecular formula is C34H39ClN8O4. The molecule has 0 saturated heterocycles. The second-order valence-corrected chi connectivity index (χ2v) is 12.8. The van der Waals surface area contributed by atoms with Crippen molar-refractivity contribution < 1.29 is 27.3 Å². The van der Waals surface area contributed by atoms with E-state index in [9.17, 15) is 14.4 Å². The summed E-state index contributed by atoms with van der Waals surface area (Å²) in [5.41, 5.74) is 3.12. The molecule has 0 radical (unpaired) electrons. The van der Waals surface area contributed by atoms with Crippen molar-refractivity contribution in [2.45, 2.75) is 59.2 Å². The lowest BCUT2D eigenvalue weighted by Gasteiger charge is -2.29. The molecule has 6 rings (SSSR count). The molecule has 0 aliphatic carbocycles. The number of carbonyl (C=O) groups excluding carboxylic acids is 3. The van der Waals surface area contributed by atoms with Crippen LogP contribution in [0.3, 0.4) is 0 Å². The Kier molecular flexibility index (Phi) is 6.76. The Bertz CT molecular complexity index is 2120. The third kappa shape index (κ3) is 6.35. The first-order chi connectivity index (χ1) is 24.7. The van der Waals surface area contributed by atoms with Gasteiger partial charge < -0.3 is 34.7 Å². The summed E-state index contributed by atoms with van der Waals surface area (Å²) < 4.78 is 56.2. The Hall–Kier alpha value is -4.68. The second kappa shape index (κ2) is 12.5. The highest BCUT2D eigenvalue weighted by Crippen LogP contribution is 2.38. The molecule has 2 aromatic carbocycles. The van der Waals surface area contributed by atoms with Gasteiger partial charge in [-0.15, -0.1) is 0 Å². The molecule has 47 heavy (non-hydrogen) atoms. The number of halogens is 1. The zero-order valence-electron chi connectivity index (χ0n) is 32.5. The van der Waals surface area contributed by atoms with E-state index in [0.29, 0.717) is 59.0 Å². The number of amides is 3. The van der Waals surface area contributed by atoms with Gasteiger partial charge in [0.15, 0.2) is 11.6 Å². The Morgan fingerprint density at radius 2 is 1.53 bits per heavy atom. The van der Waals surface area contributed by atoms with Crippen molar-refractivity contribution in [3.63, 3.8) is 0 Å². The number of nitrogens with zero attached hydrogens (tertiary/aromatic N) is 5. The summed E-state index contributed by atoms with van der Waals surface area (Å²) >= 11 is 6.87. The van der Waals surface area contributed by atoms with Crippen LogP contribution in [0, 0.1) is 6.92 Å². The zero-order valence-corrected chi connectivity index (χ0v) is 27.2. The van der Waals surface area contributed by atoms with Crippen LogP contribution in [0.4, 0.5) is 16.2 Å². The summed E-state index contributed by atoms with van der Waals surface area (Å²) in [5, 5.41) is 8.81. The molecule has 3 amide bonds. The molecule has 2 aromatic heterocycles. The van der Waals surface area contributed by atoms with Crippen LogP contribution in [0.25, 0.3) is 11.1 Å². The monoisotopic (exact) mass is 664 g/mol. The van der Waals surface area contributed by atoms with E-state index in [0.717, 1.165) is 9.13 Å². The van der Waals surface area contributed by atoms with E-state index < -0.39 is 37.5 Å². The number of fused-ring (bicyclic) bond motifs is 2. The van der Waals surface area contributed by atoms with Crippen LogP contribution < -0.4 is 16.0 Å². The fourth-order valence-corrected chi connectivity index (χ4v) is 6.01. The van der Waals surface area contributed by atoms with Gasteiger partial charge in [-0.3, -0.25) is 9.59 Å². The van der Waals surface area contributed by atoms with E-state index in [1.165, 1.54) is 4.90 Å². The molecule has 13 heteroatoms. The van der Waals surface area contributed by atoms with Crippen molar-refractivity contribution in [2.24, 2.45) is 14.0 Å². The molecule has 0 saturated carbocycles. The minimum absolute atomic E-state index is 0.0227. The maximum absolute atomic E-state index is 13.8. The highest BCUT2D eigenvalue weighted by molar-refractivity contribution is 6.36. The van der Waals surface area contributed by atoms with Crippen LogP contribution in [0.2, 0.25) is 5.02 Å². The molecule has 3 N–H and O–H groups in total. The van der Waals surface area contributed by atoms with Crippen molar-refractivity contribution in [1.29, 1.82) is 0 Å². The maximum atomic E-state index is 13.8. The summed E-state index contributed by atoms with van der Waals surface area (Å²) in [5.74, 6) is -2.10. The number of aromatic nitrogens is 4. The van der Waals surface area contributed by atoms with E-state index in [2.05, 4.69) is 25.9 Å². The van der Waals surface area contributed by atoms with Gasteiger partial charge in [-0.2, -0.15) is 0 Å². The van der Waals surface area contributed by atoms with Crippen LogP contribution in [-0.4, -0.2) is 60.6 Å². The standard InChI is InChI=1S/C34H39ClN8O4/c1-19-20(21-10-8-12-23(28(21)35)40-32(45)29-37-24-17-36-15-13-26(24)41(29)5)9-7-11-22(19)39-31(44)30-38-25-18-43(16-14-27(25)42(30)6)33(46)47-34(2,3)4/h7-12,36H,13-18H2,1-6H3,(H,39,44)(H,40,45)/i5D3,6D3. The van der Waals surface area contributed by atoms with Crippen LogP contribution >= 0.6 is 11.6 Å². The summed E-state index contributed by atoms with van der Waals surface area (Å²) in [6.45, 7) is 2.70. The third-order valence-electron chi connectivity index (χ3n) is 8.08. The average Bonchev–Trinajstić information content (AvgIpc) is 3.66. The molecule has 0 unspecified atom stereocenters. The number of hydrogen-bond acceptors (Lipinski definition) is 7. The average molecular weight is 665 g/mol. The van der Waals surface area contributed by atoms with E-state index >= 15 is 0 Å². The van der Waals surface area contributed by atoms with Gasteiger partial charge in [0.1, 0.15) is 5.60 Å². The van der Waals surface area contributed by atoms with Crippen molar-refractivity contribution in [3.05, 3.63) is 81.4 Å². The number of rotatable bonds is 5. The van der Waals surface area contributed by atoms with Gasteiger partial charge >= 0.3 is 6.09 Å². The highest BCUT2D eigenvalue weighted by atomic mass is 35.5. The van der Waals surface area contributed by atoms with E-state index in [1.54, 1.807) is 64.1 Å². The summed E-state index contributed by atoms with van der Waals surface area (Å²) in [4.78, 5) is 50.2. The normalized spacial score (nSPS) is 16.7. The van der Waals surface area contributed by atoms with Crippen LogP contribution in [0.15, 0.2) is 36.4 Å². The van der Waals surface area contributed by atoms with Gasteiger partial charge in [0.05, 0.1) is 28.6 Å². The summed E-state index contributed by atoms with van der Waals surface area (Å²) in [6.07, 6.45) is -0.000607. The number of benzene rings is 2. The van der Waals surface area contributed by atoms with Gasteiger partial charge in [0.2, 0.25) is 0 Å². The Labute approximate surface area is 286 Å². The Balaban J connectivity index is 1.27. The molecular weight excluding hydrogens is 620 g/mol. The fourth-order valence-electron chi connectivity index (χ4n) is 5.74. The second-order valence-electron chi connectivity index (χ2n) is 12.5.